The SMILES string of the molecule is CCOC(=O)C1CN(C(=O)c2ccccc2)c2cc(-c3c(C)cncc3C)ccc2O1. The number of benzene rings is 2. The fourth-order valence-electron chi connectivity index (χ4n) is 3.88. The molecule has 0 bridgehead atoms. The van der Waals surface area contributed by atoms with Gasteiger partial charge in [-0.1, -0.05) is 24.3 Å². The predicted octanol–water partition coefficient (Wildman–Crippen LogP) is 4.34. The van der Waals surface area contributed by atoms with Crippen LogP contribution in [0.5, 0.6) is 5.75 Å². The van der Waals surface area contributed by atoms with Gasteiger partial charge in [0, 0.05) is 18.0 Å². The number of hydrogen-bond donors (Lipinski definition) is 0. The molecule has 6 heteroatoms. The highest BCUT2D eigenvalue weighted by Gasteiger charge is 2.35. The van der Waals surface area contributed by atoms with Crippen molar-refractivity contribution in [2.45, 2.75) is 26.9 Å². The number of amides is 1. The van der Waals surface area contributed by atoms with Crippen LogP contribution in [0, 0.1) is 13.8 Å². The van der Waals surface area contributed by atoms with E-state index in [1.165, 1.54) is 0 Å². The Morgan fingerprint density at radius 3 is 2.48 bits per heavy atom. The van der Waals surface area contributed by atoms with E-state index < -0.39 is 12.1 Å². The van der Waals surface area contributed by atoms with Crippen molar-refractivity contribution in [2.24, 2.45) is 0 Å². The molecule has 0 aliphatic carbocycles. The number of pyridine rings is 1. The van der Waals surface area contributed by atoms with Crippen LogP contribution in [0.25, 0.3) is 11.1 Å². The summed E-state index contributed by atoms with van der Waals surface area (Å²) in [5.41, 5.74) is 5.28. The van der Waals surface area contributed by atoms with Crippen molar-refractivity contribution in [1.29, 1.82) is 0 Å². The molecule has 1 amide bonds. The van der Waals surface area contributed by atoms with Gasteiger partial charge in [-0.25, -0.2) is 4.79 Å². The van der Waals surface area contributed by atoms with Crippen LogP contribution < -0.4 is 9.64 Å². The van der Waals surface area contributed by atoms with E-state index in [4.69, 9.17) is 9.47 Å². The summed E-state index contributed by atoms with van der Waals surface area (Å²) in [6, 6.07) is 14.7. The topological polar surface area (TPSA) is 68.7 Å². The minimum absolute atomic E-state index is 0.0807. The summed E-state index contributed by atoms with van der Waals surface area (Å²) in [7, 11) is 0. The molecule has 1 aromatic heterocycles. The van der Waals surface area contributed by atoms with E-state index in [1.807, 2.05) is 56.6 Å². The summed E-state index contributed by atoms with van der Waals surface area (Å²) in [4.78, 5) is 31.6. The fourth-order valence-corrected chi connectivity index (χ4v) is 3.88. The minimum Gasteiger partial charge on any atom is -0.475 e. The average molecular weight is 416 g/mol. The van der Waals surface area contributed by atoms with E-state index in [1.54, 1.807) is 30.0 Å². The molecule has 2 aromatic carbocycles. The Morgan fingerprint density at radius 1 is 1.10 bits per heavy atom. The molecule has 31 heavy (non-hydrogen) atoms. The molecule has 4 rings (SSSR count). The number of anilines is 1. The molecule has 1 unspecified atom stereocenters. The van der Waals surface area contributed by atoms with Crippen molar-refractivity contribution in [2.75, 3.05) is 18.1 Å². The highest BCUT2D eigenvalue weighted by atomic mass is 16.6. The number of ether oxygens (including phenoxy) is 2. The number of nitrogens with zero attached hydrogens (tertiary/aromatic N) is 2. The zero-order chi connectivity index (χ0) is 22.0. The van der Waals surface area contributed by atoms with Gasteiger partial charge in [-0.3, -0.25) is 9.78 Å². The second-order valence-electron chi connectivity index (χ2n) is 7.47. The van der Waals surface area contributed by atoms with Crippen molar-refractivity contribution in [3.63, 3.8) is 0 Å². The standard InChI is InChI=1S/C25H24N2O4/c1-4-30-25(29)22-15-27(24(28)18-8-6-5-7-9-18)20-12-19(10-11-21(20)31-22)23-16(2)13-26-14-17(23)3/h5-14,22H,4,15H2,1-3H3. The lowest BCUT2D eigenvalue weighted by molar-refractivity contribution is -0.151. The maximum Gasteiger partial charge on any atom is 0.349 e. The van der Waals surface area contributed by atoms with E-state index >= 15 is 0 Å². The molecule has 0 spiro atoms. The zero-order valence-corrected chi connectivity index (χ0v) is 17.8. The number of rotatable bonds is 4. The van der Waals surface area contributed by atoms with Crippen molar-refractivity contribution in [3.05, 3.63) is 77.6 Å². The van der Waals surface area contributed by atoms with Crippen molar-refractivity contribution in [1.82, 2.24) is 4.98 Å². The van der Waals surface area contributed by atoms with Gasteiger partial charge in [-0.15, -0.1) is 0 Å². The second-order valence-corrected chi connectivity index (χ2v) is 7.47. The van der Waals surface area contributed by atoms with Crippen molar-refractivity contribution < 1.29 is 19.1 Å². The van der Waals surface area contributed by atoms with Gasteiger partial charge >= 0.3 is 5.97 Å². The second kappa shape index (κ2) is 8.60. The Morgan fingerprint density at radius 2 is 1.81 bits per heavy atom. The van der Waals surface area contributed by atoms with Gasteiger partial charge in [0.1, 0.15) is 5.75 Å². The number of fused-ring (bicyclic) bond motifs is 1. The molecule has 3 aromatic rings. The number of esters is 1. The zero-order valence-electron chi connectivity index (χ0n) is 17.8. The molecular formula is C25H24N2O4. The smallest absolute Gasteiger partial charge is 0.349 e. The van der Waals surface area contributed by atoms with E-state index in [2.05, 4.69) is 4.98 Å². The quantitative estimate of drug-likeness (QED) is 0.592. The number of carbonyl (C=O) groups is 2. The van der Waals surface area contributed by atoms with Gasteiger partial charge in [0.25, 0.3) is 5.91 Å². The maximum absolute atomic E-state index is 13.4. The van der Waals surface area contributed by atoms with Crippen LogP contribution in [0.1, 0.15) is 28.4 Å². The summed E-state index contributed by atoms with van der Waals surface area (Å²) in [5.74, 6) is -0.203. The monoisotopic (exact) mass is 416 g/mol. The molecule has 0 radical (unpaired) electrons. The lowest BCUT2D eigenvalue weighted by Crippen LogP contribution is -2.47. The summed E-state index contributed by atoms with van der Waals surface area (Å²) in [6.45, 7) is 6.09. The molecule has 158 valence electrons. The third-order valence-corrected chi connectivity index (χ3v) is 5.30. The molecule has 0 saturated carbocycles. The number of hydrogen-bond acceptors (Lipinski definition) is 5. The molecule has 1 atom stereocenters. The summed E-state index contributed by atoms with van der Waals surface area (Å²) >= 11 is 0. The van der Waals surface area contributed by atoms with Crippen LogP contribution in [0.3, 0.4) is 0 Å². The summed E-state index contributed by atoms with van der Waals surface area (Å²) < 4.78 is 11.1. The molecule has 0 N–H and O–H groups in total. The van der Waals surface area contributed by atoms with E-state index in [0.717, 1.165) is 22.3 Å². The van der Waals surface area contributed by atoms with E-state index in [0.29, 0.717) is 17.0 Å². The van der Waals surface area contributed by atoms with Crippen LogP contribution in [-0.4, -0.2) is 36.1 Å². The van der Waals surface area contributed by atoms with Crippen LogP contribution in [0.2, 0.25) is 0 Å². The number of aromatic nitrogens is 1. The Labute approximate surface area is 181 Å². The summed E-state index contributed by atoms with van der Waals surface area (Å²) in [6.07, 6.45) is 2.76. The van der Waals surface area contributed by atoms with Crippen molar-refractivity contribution in [3.8, 4) is 16.9 Å². The van der Waals surface area contributed by atoms with Crippen LogP contribution in [-0.2, 0) is 9.53 Å². The molecule has 6 nitrogen and oxygen atoms in total. The first-order valence-electron chi connectivity index (χ1n) is 10.3. The fraction of sp³-hybridized carbons (Fsp3) is 0.240. The molecule has 1 aliphatic rings. The molecule has 0 fully saturated rings. The third kappa shape index (κ3) is 4.01. The van der Waals surface area contributed by atoms with Gasteiger partial charge in [0.15, 0.2) is 0 Å². The Balaban J connectivity index is 1.80. The highest BCUT2D eigenvalue weighted by molar-refractivity contribution is 6.08. The van der Waals surface area contributed by atoms with Crippen molar-refractivity contribution >= 4 is 17.6 Å². The van der Waals surface area contributed by atoms with Crippen LogP contribution >= 0.6 is 0 Å². The lowest BCUT2D eigenvalue weighted by atomic mass is 9.97. The van der Waals surface area contributed by atoms with E-state index in [-0.39, 0.29) is 19.1 Å². The first kappa shape index (κ1) is 20.6. The van der Waals surface area contributed by atoms with Gasteiger partial charge < -0.3 is 14.4 Å². The summed E-state index contributed by atoms with van der Waals surface area (Å²) in [5, 5.41) is 0. The normalized spacial score (nSPS) is 15.1. The molecular weight excluding hydrogens is 392 g/mol. The largest absolute Gasteiger partial charge is 0.475 e. The Bertz CT molecular complexity index is 1110. The first-order chi connectivity index (χ1) is 15.0. The molecule has 1 aliphatic heterocycles. The predicted molar refractivity (Wildman–Crippen MR) is 118 cm³/mol. The van der Waals surface area contributed by atoms with E-state index in [9.17, 15) is 9.59 Å². The van der Waals surface area contributed by atoms with Crippen LogP contribution in [0.4, 0.5) is 5.69 Å². The number of carbonyl (C=O) groups excluding carboxylic acids is 2. The maximum atomic E-state index is 13.4. The molecule has 0 saturated heterocycles. The molecule has 2 heterocycles. The van der Waals surface area contributed by atoms with Gasteiger partial charge in [-0.05, 0) is 67.3 Å². The number of aryl methyl sites for hydroxylation is 2. The van der Waals surface area contributed by atoms with Gasteiger partial charge in [0.2, 0.25) is 6.10 Å². The lowest BCUT2D eigenvalue weighted by Gasteiger charge is -2.34. The minimum atomic E-state index is -0.879. The van der Waals surface area contributed by atoms with Crippen LogP contribution in [0.15, 0.2) is 60.9 Å². The Hall–Kier alpha value is -3.67. The van der Waals surface area contributed by atoms with Gasteiger partial charge in [0.05, 0.1) is 18.8 Å². The third-order valence-electron chi connectivity index (χ3n) is 5.30. The highest BCUT2D eigenvalue weighted by Crippen LogP contribution is 2.39. The van der Waals surface area contributed by atoms with Gasteiger partial charge in [-0.2, -0.15) is 0 Å². The Kier molecular flexibility index (Phi) is 5.71. The average Bonchev–Trinajstić information content (AvgIpc) is 2.78. The first-order valence-corrected chi connectivity index (χ1v) is 10.3.